The van der Waals surface area contributed by atoms with E-state index in [1.54, 1.807) is 18.2 Å². The van der Waals surface area contributed by atoms with Gasteiger partial charge in [-0.15, -0.1) is 0 Å². The van der Waals surface area contributed by atoms with Gasteiger partial charge in [-0.3, -0.25) is 4.90 Å². The SMILES string of the molecule is CC1(C)CCCN1CC(O)COc1ccccc1C#N. The van der Waals surface area contributed by atoms with Crippen LogP contribution < -0.4 is 4.74 Å². The molecule has 0 saturated carbocycles. The molecule has 2 rings (SSSR count). The van der Waals surface area contributed by atoms with Crippen LogP contribution in [0.3, 0.4) is 0 Å². The highest BCUT2D eigenvalue weighted by Crippen LogP contribution is 2.28. The highest BCUT2D eigenvalue weighted by Gasteiger charge is 2.32. The van der Waals surface area contributed by atoms with Gasteiger partial charge in [0.05, 0.1) is 5.56 Å². The van der Waals surface area contributed by atoms with Crippen molar-refractivity contribution in [2.75, 3.05) is 19.7 Å². The van der Waals surface area contributed by atoms with E-state index in [-0.39, 0.29) is 12.1 Å². The van der Waals surface area contributed by atoms with Gasteiger partial charge >= 0.3 is 0 Å². The quantitative estimate of drug-likeness (QED) is 0.894. The molecule has 1 saturated heterocycles. The van der Waals surface area contributed by atoms with Gasteiger partial charge in [-0.25, -0.2) is 0 Å². The molecule has 1 aliphatic rings. The molecule has 4 heteroatoms. The second kappa shape index (κ2) is 6.25. The number of β-amino-alcohol motifs (C(OH)–C–C–N with tert-alkyl or cyclic N) is 1. The molecule has 0 spiro atoms. The van der Waals surface area contributed by atoms with Crippen LogP contribution in [-0.2, 0) is 0 Å². The van der Waals surface area contributed by atoms with Crippen molar-refractivity contribution in [1.29, 1.82) is 5.26 Å². The Labute approximate surface area is 120 Å². The Morgan fingerprint density at radius 1 is 1.45 bits per heavy atom. The summed E-state index contributed by atoms with van der Waals surface area (Å²) in [4.78, 5) is 2.30. The molecule has 0 amide bonds. The molecule has 1 fully saturated rings. The number of aliphatic hydroxyl groups excluding tert-OH is 1. The van der Waals surface area contributed by atoms with Gasteiger partial charge in [0, 0.05) is 12.1 Å². The van der Waals surface area contributed by atoms with Crippen molar-refractivity contribution in [3.8, 4) is 11.8 Å². The Balaban J connectivity index is 1.86. The van der Waals surface area contributed by atoms with Crippen LogP contribution in [0.2, 0.25) is 0 Å². The van der Waals surface area contributed by atoms with E-state index in [0.29, 0.717) is 17.9 Å². The molecule has 1 unspecified atom stereocenters. The Bertz CT molecular complexity index is 493. The van der Waals surface area contributed by atoms with Crippen molar-refractivity contribution in [2.24, 2.45) is 0 Å². The summed E-state index contributed by atoms with van der Waals surface area (Å²) in [6.07, 6.45) is 1.80. The van der Waals surface area contributed by atoms with Gasteiger partial charge in [0.25, 0.3) is 0 Å². The molecule has 1 atom stereocenters. The zero-order valence-electron chi connectivity index (χ0n) is 12.2. The predicted molar refractivity (Wildman–Crippen MR) is 77.5 cm³/mol. The average molecular weight is 274 g/mol. The van der Waals surface area contributed by atoms with E-state index in [0.717, 1.165) is 13.0 Å². The molecule has 1 aromatic carbocycles. The molecule has 108 valence electrons. The van der Waals surface area contributed by atoms with Crippen molar-refractivity contribution in [2.45, 2.75) is 38.3 Å². The van der Waals surface area contributed by atoms with Gasteiger partial charge in [0.2, 0.25) is 0 Å². The number of aliphatic hydroxyl groups is 1. The van der Waals surface area contributed by atoms with Gasteiger partial charge in [-0.1, -0.05) is 12.1 Å². The highest BCUT2D eigenvalue weighted by atomic mass is 16.5. The normalized spacial score (nSPS) is 19.5. The van der Waals surface area contributed by atoms with Crippen LogP contribution in [-0.4, -0.2) is 41.3 Å². The number of nitrogens with zero attached hydrogens (tertiary/aromatic N) is 2. The molecule has 1 aliphatic heterocycles. The third-order valence-electron chi connectivity index (χ3n) is 3.94. The number of para-hydroxylation sites is 1. The molecule has 0 bridgehead atoms. The van der Waals surface area contributed by atoms with Crippen LogP contribution in [0.1, 0.15) is 32.3 Å². The minimum absolute atomic E-state index is 0.158. The summed E-state index contributed by atoms with van der Waals surface area (Å²) in [6, 6.07) is 9.18. The average Bonchev–Trinajstić information content (AvgIpc) is 2.76. The van der Waals surface area contributed by atoms with Crippen LogP contribution in [0.25, 0.3) is 0 Å². The fourth-order valence-corrected chi connectivity index (χ4v) is 2.68. The van der Waals surface area contributed by atoms with Gasteiger partial charge in [0.15, 0.2) is 0 Å². The van der Waals surface area contributed by atoms with Crippen LogP contribution in [0, 0.1) is 11.3 Å². The van der Waals surface area contributed by atoms with Crippen molar-refractivity contribution in [1.82, 2.24) is 4.90 Å². The number of rotatable bonds is 5. The van der Waals surface area contributed by atoms with Gasteiger partial charge in [0.1, 0.15) is 24.5 Å². The third-order valence-corrected chi connectivity index (χ3v) is 3.94. The zero-order chi connectivity index (χ0) is 14.6. The second-order valence-electron chi connectivity index (χ2n) is 5.93. The van der Waals surface area contributed by atoms with Crippen molar-refractivity contribution >= 4 is 0 Å². The zero-order valence-corrected chi connectivity index (χ0v) is 12.2. The number of likely N-dealkylation sites (tertiary alicyclic amines) is 1. The first-order chi connectivity index (χ1) is 9.53. The van der Waals surface area contributed by atoms with Gasteiger partial charge in [-0.2, -0.15) is 5.26 Å². The maximum atomic E-state index is 10.1. The fraction of sp³-hybridized carbons (Fsp3) is 0.562. The lowest BCUT2D eigenvalue weighted by Gasteiger charge is -2.33. The predicted octanol–water partition coefficient (Wildman–Crippen LogP) is 2.17. The largest absolute Gasteiger partial charge is 0.489 e. The van der Waals surface area contributed by atoms with Gasteiger partial charge in [-0.05, 0) is 45.4 Å². The Morgan fingerprint density at radius 2 is 2.20 bits per heavy atom. The van der Waals surface area contributed by atoms with E-state index in [2.05, 4.69) is 24.8 Å². The minimum atomic E-state index is -0.542. The maximum absolute atomic E-state index is 10.1. The molecule has 4 nitrogen and oxygen atoms in total. The number of hydrogen-bond acceptors (Lipinski definition) is 4. The monoisotopic (exact) mass is 274 g/mol. The molecule has 0 radical (unpaired) electrons. The molecule has 0 aromatic heterocycles. The van der Waals surface area contributed by atoms with Crippen molar-refractivity contribution in [3.63, 3.8) is 0 Å². The molecule has 1 aromatic rings. The molecule has 20 heavy (non-hydrogen) atoms. The first kappa shape index (κ1) is 14.8. The number of hydrogen-bond donors (Lipinski definition) is 1. The lowest BCUT2D eigenvalue weighted by atomic mass is 10.0. The van der Waals surface area contributed by atoms with Crippen molar-refractivity contribution < 1.29 is 9.84 Å². The Kier molecular flexibility index (Phi) is 4.64. The Morgan fingerprint density at radius 3 is 2.85 bits per heavy atom. The van der Waals surface area contributed by atoms with Crippen LogP contribution in [0.4, 0.5) is 0 Å². The van der Waals surface area contributed by atoms with E-state index in [4.69, 9.17) is 10.00 Å². The van der Waals surface area contributed by atoms with Crippen LogP contribution in [0.5, 0.6) is 5.75 Å². The van der Waals surface area contributed by atoms with Gasteiger partial charge < -0.3 is 9.84 Å². The van der Waals surface area contributed by atoms with Crippen LogP contribution in [0.15, 0.2) is 24.3 Å². The third kappa shape index (κ3) is 3.50. The summed E-state index contributed by atoms with van der Waals surface area (Å²) in [7, 11) is 0. The van der Waals surface area contributed by atoms with E-state index in [1.807, 2.05) is 6.07 Å². The summed E-state index contributed by atoms with van der Waals surface area (Å²) in [5, 5.41) is 19.1. The smallest absolute Gasteiger partial charge is 0.137 e. The van der Waals surface area contributed by atoms with E-state index in [9.17, 15) is 5.11 Å². The minimum Gasteiger partial charge on any atom is -0.489 e. The molecule has 0 aliphatic carbocycles. The van der Waals surface area contributed by atoms with Crippen molar-refractivity contribution in [3.05, 3.63) is 29.8 Å². The summed E-state index contributed by atoms with van der Waals surface area (Å²) >= 11 is 0. The molecular formula is C16H22N2O2. The topological polar surface area (TPSA) is 56.5 Å². The summed E-state index contributed by atoms with van der Waals surface area (Å²) in [5.74, 6) is 0.537. The lowest BCUT2D eigenvalue weighted by molar-refractivity contribution is 0.0464. The maximum Gasteiger partial charge on any atom is 0.137 e. The van der Waals surface area contributed by atoms with Crippen LogP contribution >= 0.6 is 0 Å². The standard InChI is InChI=1S/C16H22N2O2/c1-16(2)8-5-9-18(16)11-14(19)12-20-15-7-4-3-6-13(15)10-17/h3-4,6-7,14,19H,5,8-9,11-12H2,1-2H3. The summed E-state index contributed by atoms with van der Waals surface area (Å²) < 4.78 is 5.57. The summed E-state index contributed by atoms with van der Waals surface area (Å²) in [6.45, 7) is 6.27. The first-order valence-corrected chi connectivity index (χ1v) is 7.08. The highest BCUT2D eigenvalue weighted by molar-refractivity contribution is 5.42. The molecular weight excluding hydrogens is 252 g/mol. The number of benzene rings is 1. The van der Waals surface area contributed by atoms with E-state index < -0.39 is 6.10 Å². The van der Waals surface area contributed by atoms with E-state index >= 15 is 0 Å². The second-order valence-corrected chi connectivity index (χ2v) is 5.93. The fourth-order valence-electron chi connectivity index (χ4n) is 2.68. The number of nitriles is 1. The number of ether oxygens (including phenoxy) is 1. The summed E-state index contributed by atoms with van der Waals surface area (Å²) in [5.41, 5.74) is 0.659. The molecule has 1 heterocycles. The Hall–Kier alpha value is -1.57. The molecule has 1 N–H and O–H groups in total. The lowest BCUT2D eigenvalue weighted by Crippen LogP contribution is -2.44. The first-order valence-electron chi connectivity index (χ1n) is 7.08. The van der Waals surface area contributed by atoms with E-state index in [1.165, 1.54) is 6.42 Å².